The molecule has 0 spiro atoms. The Hall–Kier alpha value is -3.64. The lowest BCUT2D eigenvalue weighted by atomic mass is 9.95. The molecule has 0 bridgehead atoms. The second kappa shape index (κ2) is 8.48. The molecule has 1 aromatic heterocycles. The minimum atomic E-state index is -0.820. The molecule has 1 unspecified atom stereocenters. The summed E-state index contributed by atoms with van der Waals surface area (Å²) in [6, 6.07) is 12.9. The maximum atomic E-state index is 13.2. The molecular formula is C25H21ClN2O4. The molecule has 0 radical (unpaired) electrons. The molecule has 1 aliphatic heterocycles. The number of aromatic nitrogens is 1. The third-order valence-corrected chi connectivity index (χ3v) is 6.02. The Bertz CT molecular complexity index is 1250. The van der Waals surface area contributed by atoms with E-state index in [-0.39, 0.29) is 16.4 Å². The normalized spacial score (nSPS) is 17.6. The van der Waals surface area contributed by atoms with Gasteiger partial charge in [0.25, 0.3) is 11.7 Å². The first-order valence-electron chi connectivity index (χ1n) is 9.96. The zero-order valence-electron chi connectivity index (χ0n) is 17.8. The average Bonchev–Trinajstić information content (AvgIpc) is 3.06. The number of ether oxygens (including phenoxy) is 1. The lowest BCUT2D eigenvalue weighted by molar-refractivity contribution is -0.132. The number of carbonyl (C=O) groups excluding carboxylic acids is 2. The fourth-order valence-corrected chi connectivity index (χ4v) is 4.17. The number of methoxy groups -OCH3 is 1. The van der Waals surface area contributed by atoms with E-state index in [4.69, 9.17) is 16.3 Å². The van der Waals surface area contributed by atoms with Crippen molar-refractivity contribution in [2.24, 2.45) is 0 Å². The number of aliphatic hydroxyl groups is 1. The van der Waals surface area contributed by atoms with Crippen molar-refractivity contribution in [3.8, 4) is 5.75 Å². The van der Waals surface area contributed by atoms with E-state index in [1.165, 1.54) is 18.1 Å². The highest BCUT2D eigenvalue weighted by Crippen LogP contribution is 2.43. The maximum Gasteiger partial charge on any atom is 0.300 e. The van der Waals surface area contributed by atoms with Crippen LogP contribution in [0.5, 0.6) is 5.75 Å². The maximum absolute atomic E-state index is 13.2. The number of ketones is 1. The number of rotatable bonds is 4. The molecule has 7 heteroatoms. The molecule has 3 aromatic rings. The van der Waals surface area contributed by atoms with E-state index in [1.807, 2.05) is 26.0 Å². The van der Waals surface area contributed by atoms with Crippen molar-refractivity contribution in [3.63, 3.8) is 0 Å². The zero-order chi connectivity index (χ0) is 23.0. The number of pyridine rings is 1. The summed E-state index contributed by atoms with van der Waals surface area (Å²) in [5.74, 6) is -1.34. The van der Waals surface area contributed by atoms with E-state index in [0.29, 0.717) is 22.6 Å². The van der Waals surface area contributed by atoms with Crippen LogP contribution in [0.2, 0.25) is 5.02 Å². The molecule has 1 fully saturated rings. The van der Waals surface area contributed by atoms with E-state index in [0.717, 1.165) is 11.1 Å². The van der Waals surface area contributed by atoms with Crippen LogP contribution >= 0.6 is 11.6 Å². The first kappa shape index (κ1) is 21.6. The molecule has 6 nitrogen and oxygen atoms in total. The number of hydrogen-bond donors (Lipinski definition) is 1. The standard InChI is InChI=1S/C25H21ClN2O4/c1-14-5-4-6-19(15(14)2)28-22(16-9-11-27-12-10-16)21(24(30)25(28)31)23(29)17-7-8-20(32-3)18(26)13-17/h4-13,22,29H,1-3H3/b23-21+. The molecule has 4 rings (SSSR count). The van der Waals surface area contributed by atoms with Crippen LogP contribution in [0.1, 0.15) is 28.3 Å². The molecule has 162 valence electrons. The minimum absolute atomic E-state index is 0.0108. The van der Waals surface area contributed by atoms with Gasteiger partial charge >= 0.3 is 0 Å². The number of carbonyl (C=O) groups is 2. The van der Waals surface area contributed by atoms with Crippen LogP contribution in [-0.2, 0) is 9.59 Å². The van der Waals surface area contributed by atoms with Crippen molar-refractivity contribution in [2.75, 3.05) is 12.0 Å². The van der Waals surface area contributed by atoms with Gasteiger partial charge in [0.15, 0.2) is 0 Å². The summed E-state index contributed by atoms with van der Waals surface area (Å²) in [5.41, 5.74) is 3.43. The lowest BCUT2D eigenvalue weighted by Crippen LogP contribution is -2.30. The van der Waals surface area contributed by atoms with Gasteiger partial charge in [0.2, 0.25) is 0 Å². The number of aliphatic hydroxyl groups excluding tert-OH is 1. The predicted octanol–water partition coefficient (Wildman–Crippen LogP) is 4.99. The number of nitrogens with zero attached hydrogens (tertiary/aromatic N) is 2. The predicted molar refractivity (Wildman–Crippen MR) is 123 cm³/mol. The average molecular weight is 449 g/mol. The first-order chi connectivity index (χ1) is 15.3. The van der Waals surface area contributed by atoms with Gasteiger partial charge in [0.1, 0.15) is 11.5 Å². The van der Waals surface area contributed by atoms with Gasteiger partial charge in [-0.1, -0.05) is 23.7 Å². The molecule has 1 amide bonds. The highest BCUT2D eigenvalue weighted by molar-refractivity contribution is 6.51. The van der Waals surface area contributed by atoms with Crippen molar-refractivity contribution >= 4 is 34.7 Å². The van der Waals surface area contributed by atoms with Gasteiger partial charge in [-0.25, -0.2) is 0 Å². The van der Waals surface area contributed by atoms with Crippen LogP contribution in [0.15, 0.2) is 66.5 Å². The van der Waals surface area contributed by atoms with Crippen LogP contribution in [0.25, 0.3) is 5.76 Å². The van der Waals surface area contributed by atoms with Crippen molar-refractivity contribution < 1.29 is 19.4 Å². The van der Waals surface area contributed by atoms with Crippen LogP contribution in [0, 0.1) is 13.8 Å². The smallest absolute Gasteiger partial charge is 0.300 e. The first-order valence-corrected chi connectivity index (χ1v) is 10.3. The second-order valence-electron chi connectivity index (χ2n) is 7.52. The van der Waals surface area contributed by atoms with Crippen molar-refractivity contribution in [2.45, 2.75) is 19.9 Å². The third kappa shape index (κ3) is 3.52. The molecule has 2 heterocycles. The Morgan fingerprint density at radius 2 is 1.81 bits per heavy atom. The fourth-order valence-electron chi connectivity index (χ4n) is 3.91. The summed E-state index contributed by atoms with van der Waals surface area (Å²) < 4.78 is 5.17. The van der Waals surface area contributed by atoms with Crippen LogP contribution < -0.4 is 9.64 Å². The Kier molecular flexibility index (Phi) is 5.72. The van der Waals surface area contributed by atoms with Crippen molar-refractivity contribution in [1.29, 1.82) is 0 Å². The number of anilines is 1. The fraction of sp³-hybridized carbons (Fsp3) is 0.160. The molecule has 32 heavy (non-hydrogen) atoms. The molecule has 1 N–H and O–H groups in total. The zero-order valence-corrected chi connectivity index (χ0v) is 18.6. The van der Waals surface area contributed by atoms with Gasteiger partial charge in [0.05, 0.1) is 23.7 Å². The lowest BCUT2D eigenvalue weighted by Gasteiger charge is -2.27. The molecule has 1 atom stereocenters. The third-order valence-electron chi connectivity index (χ3n) is 5.73. The largest absolute Gasteiger partial charge is 0.507 e. The summed E-state index contributed by atoms with van der Waals surface area (Å²) in [5, 5.41) is 11.5. The van der Waals surface area contributed by atoms with Gasteiger partial charge < -0.3 is 9.84 Å². The van der Waals surface area contributed by atoms with E-state index in [2.05, 4.69) is 4.98 Å². The van der Waals surface area contributed by atoms with Gasteiger partial charge in [-0.3, -0.25) is 19.5 Å². The van der Waals surface area contributed by atoms with Crippen LogP contribution in [0.3, 0.4) is 0 Å². The van der Waals surface area contributed by atoms with Crippen molar-refractivity contribution in [3.05, 3.63) is 93.8 Å². The number of benzene rings is 2. The minimum Gasteiger partial charge on any atom is -0.507 e. The summed E-state index contributed by atoms with van der Waals surface area (Å²) >= 11 is 6.23. The molecule has 2 aromatic carbocycles. The van der Waals surface area contributed by atoms with E-state index >= 15 is 0 Å². The number of halogens is 1. The number of hydrogen-bond acceptors (Lipinski definition) is 5. The van der Waals surface area contributed by atoms with E-state index in [9.17, 15) is 14.7 Å². The Morgan fingerprint density at radius 1 is 1.09 bits per heavy atom. The van der Waals surface area contributed by atoms with Gasteiger partial charge in [0, 0.05) is 23.6 Å². The van der Waals surface area contributed by atoms with E-state index < -0.39 is 17.7 Å². The number of aryl methyl sites for hydroxylation is 1. The van der Waals surface area contributed by atoms with Gasteiger partial charge in [-0.05, 0) is 66.9 Å². The summed E-state index contributed by atoms with van der Waals surface area (Å²) in [7, 11) is 1.49. The quantitative estimate of drug-likeness (QED) is 0.345. The van der Waals surface area contributed by atoms with Crippen molar-refractivity contribution in [1.82, 2.24) is 4.98 Å². The highest BCUT2D eigenvalue weighted by Gasteiger charge is 2.47. The molecular weight excluding hydrogens is 428 g/mol. The van der Waals surface area contributed by atoms with E-state index in [1.54, 1.807) is 42.7 Å². The summed E-state index contributed by atoms with van der Waals surface area (Å²) in [6.45, 7) is 3.84. The highest BCUT2D eigenvalue weighted by atomic mass is 35.5. The van der Waals surface area contributed by atoms with Crippen LogP contribution in [0.4, 0.5) is 5.69 Å². The topological polar surface area (TPSA) is 79.7 Å². The molecule has 1 saturated heterocycles. The van der Waals surface area contributed by atoms with Gasteiger partial charge in [-0.2, -0.15) is 0 Å². The second-order valence-corrected chi connectivity index (χ2v) is 7.93. The summed E-state index contributed by atoms with van der Waals surface area (Å²) in [6.07, 6.45) is 3.17. The number of Topliss-reactive ketones (excluding diaryl/α,β-unsaturated/α-hetero) is 1. The summed E-state index contributed by atoms with van der Waals surface area (Å²) in [4.78, 5) is 31.9. The Morgan fingerprint density at radius 3 is 2.47 bits per heavy atom. The SMILES string of the molecule is COc1ccc(/C(O)=C2\C(=O)C(=O)N(c3cccc(C)c3C)C2c2ccncc2)cc1Cl. The number of amides is 1. The molecule has 0 aliphatic carbocycles. The molecule has 1 aliphatic rings. The Labute approximate surface area is 190 Å². The monoisotopic (exact) mass is 448 g/mol. The van der Waals surface area contributed by atoms with Gasteiger partial charge in [-0.15, -0.1) is 0 Å². The van der Waals surface area contributed by atoms with Crippen LogP contribution in [-0.4, -0.2) is 28.9 Å². The molecule has 0 saturated carbocycles. The Balaban J connectivity index is 1.96.